The van der Waals surface area contributed by atoms with Gasteiger partial charge in [-0.15, -0.1) is 0 Å². The largest absolute Gasteiger partial charge is 0.371 e. The van der Waals surface area contributed by atoms with E-state index in [2.05, 4.69) is 10.2 Å². The number of carbonyl (C=O) groups excluding carboxylic acids is 1. The van der Waals surface area contributed by atoms with Crippen molar-refractivity contribution in [3.8, 4) is 0 Å². The van der Waals surface area contributed by atoms with Gasteiger partial charge < -0.3 is 16.0 Å². The van der Waals surface area contributed by atoms with Crippen LogP contribution in [0.3, 0.4) is 0 Å². The fourth-order valence-electron chi connectivity index (χ4n) is 2.69. The maximum atomic E-state index is 13.7. The van der Waals surface area contributed by atoms with Crippen LogP contribution in [0.2, 0.25) is 0 Å². The monoisotopic (exact) mass is 265 g/mol. The smallest absolute Gasteiger partial charge is 0.253 e. The van der Waals surface area contributed by atoms with Gasteiger partial charge in [0, 0.05) is 13.1 Å². The number of nitrogens with zero attached hydrogens (tertiary/aromatic N) is 1. The number of carbonyl (C=O) groups is 1. The van der Waals surface area contributed by atoms with Crippen molar-refractivity contribution in [3.63, 3.8) is 0 Å². The first-order valence-corrected chi connectivity index (χ1v) is 6.61. The lowest BCUT2D eigenvalue weighted by Crippen LogP contribution is -2.37. The average Bonchev–Trinajstić information content (AvgIpc) is 2.39. The lowest BCUT2D eigenvalue weighted by molar-refractivity contribution is 0.0997. The molecule has 0 aromatic heterocycles. The Morgan fingerprint density at radius 2 is 2.16 bits per heavy atom. The number of halogens is 1. The molecule has 1 fully saturated rings. The number of nitrogens with two attached hydrogens (primary N) is 1. The van der Waals surface area contributed by atoms with Crippen LogP contribution in [0.4, 0.5) is 10.1 Å². The second-order valence-electron chi connectivity index (χ2n) is 4.99. The number of hydrogen-bond acceptors (Lipinski definition) is 3. The van der Waals surface area contributed by atoms with Crippen LogP contribution in [0.1, 0.15) is 23.2 Å². The number of nitrogens with one attached hydrogen (secondary N) is 1. The van der Waals surface area contributed by atoms with Crippen LogP contribution in [-0.2, 0) is 0 Å². The molecule has 0 unspecified atom stereocenters. The summed E-state index contributed by atoms with van der Waals surface area (Å²) in [6, 6.07) is 4.66. The van der Waals surface area contributed by atoms with Crippen molar-refractivity contribution in [2.75, 3.05) is 31.6 Å². The van der Waals surface area contributed by atoms with Crippen molar-refractivity contribution in [1.82, 2.24) is 5.32 Å². The van der Waals surface area contributed by atoms with Gasteiger partial charge in [0.15, 0.2) is 0 Å². The van der Waals surface area contributed by atoms with Crippen molar-refractivity contribution >= 4 is 11.6 Å². The van der Waals surface area contributed by atoms with Gasteiger partial charge in [-0.05, 0) is 44.5 Å². The number of primary amides is 1. The summed E-state index contributed by atoms with van der Waals surface area (Å²) in [4.78, 5) is 13.4. The minimum absolute atomic E-state index is 0.00886. The van der Waals surface area contributed by atoms with E-state index in [1.165, 1.54) is 6.07 Å². The lowest BCUT2D eigenvalue weighted by atomic mass is 9.96. The molecule has 0 spiro atoms. The van der Waals surface area contributed by atoms with Gasteiger partial charge in [-0.2, -0.15) is 0 Å². The van der Waals surface area contributed by atoms with Crippen molar-refractivity contribution in [2.24, 2.45) is 11.7 Å². The maximum Gasteiger partial charge on any atom is 0.253 e. The van der Waals surface area contributed by atoms with Gasteiger partial charge in [-0.1, -0.05) is 6.07 Å². The Morgan fingerprint density at radius 3 is 2.74 bits per heavy atom. The molecule has 0 bridgehead atoms. The predicted octanol–water partition coefficient (Wildman–Crippen LogP) is 1.36. The Kier molecular flexibility index (Phi) is 4.37. The molecular weight excluding hydrogens is 245 g/mol. The molecule has 1 aromatic rings. The third-order valence-electron chi connectivity index (χ3n) is 3.69. The molecule has 0 saturated carbocycles. The summed E-state index contributed by atoms with van der Waals surface area (Å²) in [6.45, 7) is 2.66. The van der Waals surface area contributed by atoms with Gasteiger partial charge in [-0.25, -0.2) is 4.39 Å². The molecule has 1 aliphatic rings. The highest BCUT2D eigenvalue weighted by atomic mass is 19.1. The summed E-state index contributed by atoms with van der Waals surface area (Å²) in [7, 11) is 1.95. The summed E-state index contributed by atoms with van der Waals surface area (Å²) in [5, 5.41) is 3.18. The van der Waals surface area contributed by atoms with E-state index in [1.807, 2.05) is 7.05 Å². The second-order valence-corrected chi connectivity index (χ2v) is 4.99. The zero-order valence-electron chi connectivity index (χ0n) is 11.2. The number of rotatable bonds is 4. The van der Waals surface area contributed by atoms with Crippen molar-refractivity contribution < 1.29 is 9.18 Å². The number of anilines is 1. The summed E-state index contributed by atoms with van der Waals surface area (Å²) in [5.41, 5.74) is 5.91. The van der Waals surface area contributed by atoms with Gasteiger partial charge in [0.05, 0.1) is 11.3 Å². The van der Waals surface area contributed by atoms with E-state index < -0.39 is 11.7 Å². The zero-order valence-corrected chi connectivity index (χ0v) is 11.2. The van der Waals surface area contributed by atoms with Crippen LogP contribution in [-0.4, -0.2) is 32.6 Å². The summed E-state index contributed by atoms with van der Waals surface area (Å²) in [6.07, 6.45) is 2.07. The molecule has 1 saturated heterocycles. The topological polar surface area (TPSA) is 58.4 Å². The van der Waals surface area contributed by atoms with Crippen LogP contribution in [0.5, 0.6) is 0 Å². The lowest BCUT2D eigenvalue weighted by Gasteiger charge is -2.34. The first-order valence-electron chi connectivity index (χ1n) is 6.61. The van der Waals surface area contributed by atoms with E-state index in [4.69, 9.17) is 5.73 Å². The van der Waals surface area contributed by atoms with Crippen molar-refractivity contribution in [1.29, 1.82) is 0 Å². The molecule has 4 nitrogen and oxygen atoms in total. The molecule has 5 heteroatoms. The quantitative estimate of drug-likeness (QED) is 0.864. The highest BCUT2D eigenvalue weighted by Crippen LogP contribution is 2.27. The fourth-order valence-corrected chi connectivity index (χ4v) is 2.69. The van der Waals surface area contributed by atoms with E-state index in [9.17, 15) is 9.18 Å². The Morgan fingerprint density at radius 1 is 1.47 bits per heavy atom. The summed E-state index contributed by atoms with van der Waals surface area (Å²) < 4.78 is 13.7. The molecule has 104 valence electrons. The Balaban J connectivity index is 2.15. The normalized spacial score (nSPS) is 16.6. The van der Waals surface area contributed by atoms with Gasteiger partial charge >= 0.3 is 0 Å². The van der Waals surface area contributed by atoms with Gasteiger partial charge in [-0.3, -0.25) is 4.79 Å². The molecule has 3 N–H and O–H groups in total. The molecule has 1 aromatic carbocycles. The molecule has 1 heterocycles. The molecule has 2 rings (SSSR count). The zero-order chi connectivity index (χ0) is 13.8. The van der Waals surface area contributed by atoms with E-state index in [-0.39, 0.29) is 5.56 Å². The minimum Gasteiger partial charge on any atom is -0.371 e. The molecular formula is C14H20FN3O. The third-order valence-corrected chi connectivity index (χ3v) is 3.69. The standard InChI is InChI=1S/C14H20FN3O/c1-17-9-10-5-7-18(8-6-10)12-4-2-3-11(15)13(12)14(16)19/h2-4,10,17H,5-9H2,1H3,(H2,16,19). The highest BCUT2D eigenvalue weighted by Gasteiger charge is 2.23. The number of benzene rings is 1. The maximum absolute atomic E-state index is 13.7. The number of amides is 1. The van der Waals surface area contributed by atoms with Crippen LogP contribution in [0, 0.1) is 11.7 Å². The van der Waals surface area contributed by atoms with E-state index in [1.54, 1.807) is 12.1 Å². The molecule has 0 aliphatic carbocycles. The van der Waals surface area contributed by atoms with E-state index in [0.29, 0.717) is 11.6 Å². The summed E-state index contributed by atoms with van der Waals surface area (Å²) >= 11 is 0. The second kappa shape index (κ2) is 6.02. The Hall–Kier alpha value is -1.62. The molecule has 0 radical (unpaired) electrons. The number of piperidine rings is 1. The Labute approximate surface area is 112 Å². The molecule has 1 amide bonds. The van der Waals surface area contributed by atoms with Gasteiger partial charge in [0.2, 0.25) is 0 Å². The average molecular weight is 265 g/mol. The highest BCUT2D eigenvalue weighted by molar-refractivity contribution is 5.99. The van der Waals surface area contributed by atoms with Crippen molar-refractivity contribution in [3.05, 3.63) is 29.6 Å². The summed E-state index contributed by atoms with van der Waals surface area (Å²) in [5.74, 6) is -0.598. The first-order chi connectivity index (χ1) is 9.13. The van der Waals surface area contributed by atoms with Crippen LogP contribution in [0.25, 0.3) is 0 Å². The molecule has 0 atom stereocenters. The van der Waals surface area contributed by atoms with Crippen LogP contribution in [0.15, 0.2) is 18.2 Å². The Bertz CT molecular complexity index is 456. The van der Waals surface area contributed by atoms with Gasteiger partial charge in [0.25, 0.3) is 5.91 Å². The van der Waals surface area contributed by atoms with Crippen molar-refractivity contribution in [2.45, 2.75) is 12.8 Å². The van der Waals surface area contributed by atoms with Crippen LogP contribution < -0.4 is 16.0 Å². The van der Waals surface area contributed by atoms with E-state index in [0.717, 1.165) is 32.5 Å². The fraction of sp³-hybridized carbons (Fsp3) is 0.500. The minimum atomic E-state index is -0.703. The predicted molar refractivity (Wildman–Crippen MR) is 73.8 cm³/mol. The molecule has 19 heavy (non-hydrogen) atoms. The first kappa shape index (κ1) is 13.8. The van der Waals surface area contributed by atoms with Gasteiger partial charge in [0.1, 0.15) is 5.82 Å². The van der Waals surface area contributed by atoms with Crippen LogP contribution >= 0.6 is 0 Å². The number of hydrogen-bond donors (Lipinski definition) is 2. The molecule has 1 aliphatic heterocycles. The third kappa shape index (κ3) is 3.04. The van der Waals surface area contributed by atoms with E-state index >= 15 is 0 Å². The SMILES string of the molecule is CNCC1CCN(c2cccc(F)c2C(N)=O)CC1.